The largest absolute Gasteiger partial charge is 0.497 e. The van der Waals surface area contributed by atoms with Crippen LogP contribution in [0.4, 0.5) is 5.69 Å². The maximum atomic E-state index is 13.2. The van der Waals surface area contributed by atoms with Crippen molar-refractivity contribution >= 4 is 11.6 Å². The van der Waals surface area contributed by atoms with Crippen LogP contribution >= 0.6 is 0 Å². The highest BCUT2D eigenvalue weighted by molar-refractivity contribution is 6.03. The molecule has 1 saturated heterocycles. The van der Waals surface area contributed by atoms with Crippen molar-refractivity contribution in [2.45, 2.75) is 31.5 Å². The summed E-state index contributed by atoms with van der Waals surface area (Å²) in [6.07, 6.45) is 0.569. The van der Waals surface area contributed by atoms with Crippen molar-refractivity contribution in [3.8, 4) is 5.75 Å². The zero-order valence-electron chi connectivity index (χ0n) is 17.6. The molecule has 4 rings (SSSR count). The van der Waals surface area contributed by atoms with Crippen molar-refractivity contribution in [3.63, 3.8) is 0 Å². The minimum atomic E-state index is -0.580. The summed E-state index contributed by atoms with van der Waals surface area (Å²) in [5.41, 5.74) is 9.55. The third-order valence-electron chi connectivity index (χ3n) is 6.06. The van der Waals surface area contributed by atoms with Crippen molar-refractivity contribution in [1.29, 1.82) is 0 Å². The molecule has 3 unspecified atom stereocenters. The lowest BCUT2D eigenvalue weighted by Gasteiger charge is -2.48. The fourth-order valence-electron chi connectivity index (χ4n) is 4.27. The second kappa shape index (κ2) is 9.33. The van der Waals surface area contributed by atoms with E-state index in [1.807, 2.05) is 83.8 Å². The molecule has 1 aliphatic rings. The van der Waals surface area contributed by atoms with Crippen molar-refractivity contribution in [3.05, 3.63) is 95.6 Å². The van der Waals surface area contributed by atoms with E-state index in [1.165, 1.54) is 0 Å². The van der Waals surface area contributed by atoms with Gasteiger partial charge in [0.05, 0.1) is 25.2 Å². The predicted molar refractivity (Wildman–Crippen MR) is 122 cm³/mol. The molecular weight excluding hydrogens is 388 g/mol. The van der Waals surface area contributed by atoms with E-state index >= 15 is 0 Å². The third kappa shape index (κ3) is 4.33. The molecule has 1 heterocycles. The summed E-state index contributed by atoms with van der Waals surface area (Å²) in [5.74, 6) is 0.687. The first kappa shape index (κ1) is 21.1. The lowest BCUT2D eigenvalue weighted by Crippen LogP contribution is -2.55. The van der Waals surface area contributed by atoms with E-state index in [1.54, 1.807) is 7.11 Å². The van der Waals surface area contributed by atoms with E-state index in [0.29, 0.717) is 19.4 Å². The first-order valence-corrected chi connectivity index (χ1v) is 10.6. The third-order valence-corrected chi connectivity index (χ3v) is 6.06. The Morgan fingerprint density at radius 3 is 2.29 bits per heavy atom. The van der Waals surface area contributed by atoms with E-state index < -0.39 is 6.10 Å². The van der Waals surface area contributed by atoms with Crippen LogP contribution in [0.2, 0.25) is 0 Å². The second-order valence-electron chi connectivity index (χ2n) is 7.91. The van der Waals surface area contributed by atoms with Crippen LogP contribution < -0.4 is 15.4 Å². The molecule has 1 aliphatic heterocycles. The van der Waals surface area contributed by atoms with E-state index in [2.05, 4.69) is 0 Å². The number of aliphatic hydroxyl groups is 1. The van der Waals surface area contributed by atoms with Gasteiger partial charge in [-0.25, -0.2) is 0 Å². The molecule has 0 bridgehead atoms. The normalized spacial score (nSPS) is 19.1. The molecule has 0 radical (unpaired) electrons. The van der Waals surface area contributed by atoms with Gasteiger partial charge in [-0.15, -0.1) is 0 Å². The summed E-state index contributed by atoms with van der Waals surface area (Å²) in [6.45, 7) is 0.468. The monoisotopic (exact) mass is 416 g/mol. The number of anilines is 1. The molecule has 3 aromatic carbocycles. The summed E-state index contributed by atoms with van der Waals surface area (Å²) >= 11 is 0. The Bertz CT molecular complexity index is 1000. The van der Waals surface area contributed by atoms with Crippen LogP contribution in [0.25, 0.3) is 0 Å². The zero-order chi connectivity index (χ0) is 21.8. The number of methoxy groups -OCH3 is 1. The van der Waals surface area contributed by atoms with Gasteiger partial charge in [-0.1, -0.05) is 54.6 Å². The fourth-order valence-corrected chi connectivity index (χ4v) is 4.27. The summed E-state index contributed by atoms with van der Waals surface area (Å²) in [4.78, 5) is 15.0. The van der Waals surface area contributed by atoms with Crippen molar-refractivity contribution in [2.75, 3.05) is 12.0 Å². The number of nitrogens with zero attached hydrogens (tertiary/aromatic N) is 1. The minimum absolute atomic E-state index is 0.0786. The Morgan fingerprint density at radius 1 is 1.00 bits per heavy atom. The second-order valence-corrected chi connectivity index (χ2v) is 7.91. The van der Waals surface area contributed by atoms with E-state index in [4.69, 9.17) is 10.5 Å². The molecule has 5 heteroatoms. The summed E-state index contributed by atoms with van der Waals surface area (Å²) in [5, 5.41) is 10.6. The standard InChI is InChI=1S/C26H28N2O3/c1-31-22-13-9-20(10-14-22)25-23(15-16-24(29)19-5-3-2-4-6-19)26(30)28(25)21-11-7-18(17-27)8-12-21/h2-14,23-25,29H,15-17,27H2,1H3. The first-order chi connectivity index (χ1) is 15.1. The van der Waals surface area contributed by atoms with Gasteiger partial charge >= 0.3 is 0 Å². The maximum Gasteiger partial charge on any atom is 0.233 e. The number of rotatable bonds is 8. The molecule has 0 aliphatic carbocycles. The predicted octanol–water partition coefficient (Wildman–Crippen LogP) is 4.37. The van der Waals surface area contributed by atoms with Gasteiger partial charge in [0.1, 0.15) is 5.75 Å². The number of amides is 1. The molecule has 1 amide bonds. The molecule has 0 saturated carbocycles. The molecule has 160 valence electrons. The maximum absolute atomic E-state index is 13.2. The fraction of sp³-hybridized carbons (Fsp3) is 0.269. The Balaban J connectivity index is 1.56. The minimum Gasteiger partial charge on any atom is -0.497 e. The molecule has 0 spiro atoms. The van der Waals surface area contributed by atoms with Gasteiger partial charge < -0.3 is 20.5 Å². The van der Waals surface area contributed by atoms with E-state index in [0.717, 1.165) is 28.1 Å². The van der Waals surface area contributed by atoms with E-state index in [9.17, 15) is 9.90 Å². The molecule has 3 atom stereocenters. The summed E-state index contributed by atoms with van der Waals surface area (Å²) < 4.78 is 5.29. The van der Waals surface area contributed by atoms with Crippen LogP contribution in [0.3, 0.4) is 0 Å². The van der Waals surface area contributed by atoms with Crippen molar-refractivity contribution in [2.24, 2.45) is 11.7 Å². The molecular formula is C26H28N2O3. The van der Waals surface area contributed by atoms with Crippen LogP contribution in [0.15, 0.2) is 78.9 Å². The molecule has 3 N–H and O–H groups in total. The van der Waals surface area contributed by atoms with Crippen molar-refractivity contribution in [1.82, 2.24) is 0 Å². The SMILES string of the molecule is COc1ccc(C2C(CCC(O)c3ccccc3)C(=O)N2c2ccc(CN)cc2)cc1. The molecule has 3 aromatic rings. The van der Waals surface area contributed by atoms with Crippen LogP contribution in [-0.4, -0.2) is 18.1 Å². The van der Waals surface area contributed by atoms with Gasteiger partial charge in [-0.05, 0) is 53.8 Å². The Hall–Kier alpha value is -3.15. The highest BCUT2D eigenvalue weighted by Crippen LogP contribution is 2.46. The van der Waals surface area contributed by atoms with Crippen LogP contribution in [0.5, 0.6) is 5.75 Å². The van der Waals surface area contributed by atoms with Crippen molar-refractivity contribution < 1.29 is 14.6 Å². The lowest BCUT2D eigenvalue weighted by atomic mass is 9.78. The number of carbonyl (C=O) groups excluding carboxylic acids is 1. The van der Waals surface area contributed by atoms with Crippen LogP contribution in [0, 0.1) is 5.92 Å². The van der Waals surface area contributed by atoms with Gasteiger partial charge in [0.2, 0.25) is 5.91 Å². The highest BCUT2D eigenvalue weighted by atomic mass is 16.5. The van der Waals surface area contributed by atoms with Gasteiger partial charge in [0, 0.05) is 12.2 Å². The Kier molecular flexibility index (Phi) is 6.35. The highest BCUT2D eigenvalue weighted by Gasteiger charge is 2.48. The molecule has 31 heavy (non-hydrogen) atoms. The first-order valence-electron chi connectivity index (χ1n) is 10.6. The summed E-state index contributed by atoms with van der Waals surface area (Å²) in [6, 6.07) is 25.2. The van der Waals surface area contributed by atoms with Crippen LogP contribution in [-0.2, 0) is 11.3 Å². The lowest BCUT2D eigenvalue weighted by molar-refractivity contribution is -0.131. The summed E-state index contributed by atoms with van der Waals surface area (Å²) in [7, 11) is 1.64. The van der Waals surface area contributed by atoms with Gasteiger partial charge in [0.15, 0.2) is 0 Å². The number of benzene rings is 3. The quantitative estimate of drug-likeness (QED) is 0.535. The zero-order valence-corrected chi connectivity index (χ0v) is 17.6. The topological polar surface area (TPSA) is 75.8 Å². The van der Waals surface area contributed by atoms with Gasteiger partial charge in [-0.3, -0.25) is 4.79 Å². The number of aliphatic hydroxyl groups excluding tert-OH is 1. The number of ether oxygens (including phenoxy) is 1. The number of hydrogen-bond donors (Lipinski definition) is 2. The number of β-lactam (4-membered cyclic amide) rings is 1. The average Bonchev–Trinajstić information content (AvgIpc) is 2.83. The smallest absolute Gasteiger partial charge is 0.233 e. The van der Waals surface area contributed by atoms with E-state index in [-0.39, 0.29) is 17.9 Å². The van der Waals surface area contributed by atoms with Crippen LogP contribution in [0.1, 0.15) is 41.7 Å². The Labute approximate surface area is 183 Å². The number of carbonyl (C=O) groups is 1. The Morgan fingerprint density at radius 2 is 1.68 bits per heavy atom. The van der Waals surface area contributed by atoms with Gasteiger partial charge in [-0.2, -0.15) is 0 Å². The number of hydrogen-bond acceptors (Lipinski definition) is 4. The molecule has 1 fully saturated rings. The molecule has 0 aromatic heterocycles. The molecule has 5 nitrogen and oxygen atoms in total. The average molecular weight is 417 g/mol. The number of nitrogens with two attached hydrogens (primary N) is 1. The van der Waals surface area contributed by atoms with Gasteiger partial charge in [0.25, 0.3) is 0 Å².